The summed E-state index contributed by atoms with van der Waals surface area (Å²) >= 11 is 0. The van der Waals surface area contributed by atoms with Gasteiger partial charge in [0.25, 0.3) is 0 Å². The van der Waals surface area contributed by atoms with Gasteiger partial charge in [-0.2, -0.15) is 0 Å². The van der Waals surface area contributed by atoms with Crippen LogP contribution in [0.2, 0.25) is 0 Å². The fraction of sp³-hybridized carbons (Fsp3) is 0.412. The molecule has 0 spiro atoms. The molecule has 7 heteroatoms. The highest BCUT2D eigenvalue weighted by Crippen LogP contribution is 2.39. The van der Waals surface area contributed by atoms with Crippen LogP contribution < -0.4 is 9.80 Å². The zero-order valence-corrected chi connectivity index (χ0v) is 13.8. The summed E-state index contributed by atoms with van der Waals surface area (Å²) < 4.78 is 0. The van der Waals surface area contributed by atoms with Gasteiger partial charge in [0.2, 0.25) is 0 Å². The van der Waals surface area contributed by atoms with E-state index in [1.54, 1.807) is 6.33 Å². The molecule has 7 nitrogen and oxygen atoms in total. The van der Waals surface area contributed by atoms with E-state index < -0.39 is 0 Å². The van der Waals surface area contributed by atoms with Crippen LogP contribution in [0.5, 0.6) is 0 Å². The van der Waals surface area contributed by atoms with Gasteiger partial charge in [-0.05, 0) is 26.3 Å². The molecule has 0 radical (unpaired) electrons. The number of rotatable bonds is 2. The molecule has 2 unspecified atom stereocenters. The summed E-state index contributed by atoms with van der Waals surface area (Å²) in [7, 11) is 0. The molecular weight excluding hydrogens is 302 g/mol. The van der Waals surface area contributed by atoms with Gasteiger partial charge in [-0.3, -0.25) is 0 Å². The van der Waals surface area contributed by atoms with Gasteiger partial charge in [0.1, 0.15) is 23.5 Å². The van der Waals surface area contributed by atoms with E-state index in [0.29, 0.717) is 12.1 Å². The van der Waals surface area contributed by atoms with Crippen molar-refractivity contribution in [2.24, 2.45) is 0 Å². The average molecular weight is 321 g/mol. The summed E-state index contributed by atoms with van der Waals surface area (Å²) in [6.45, 7) is 5.92. The molecule has 6 rings (SSSR count). The Bertz CT molecular complexity index is 886. The van der Waals surface area contributed by atoms with Gasteiger partial charge >= 0.3 is 0 Å². The van der Waals surface area contributed by atoms with Crippen LogP contribution in [0, 0.1) is 13.8 Å². The molecule has 24 heavy (non-hydrogen) atoms. The van der Waals surface area contributed by atoms with Crippen molar-refractivity contribution in [3.05, 3.63) is 36.2 Å². The first-order valence-corrected chi connectivity index (χ1v) is 8.33. The Morgan fingerprint density at radius 2 is 1.96 bits per heavy atom. The second-order valence-corrected chi connectivity index (χ2v) is 6.71. The predicted molar refractivity (Wildman–Crippen MR) is 92.3 cm³/mol. The van der Waals surface area contributed by atoms with Crippen LogP contribution in [-0.4, -0.2) is 50.1 Å². The summed E-state index contributed by atoms with van der Waals surface area (Å²) in [5.74, 6) is 2.91. The zero-order chi connectivity index (χ0) is 16.3. The lowest BCUT2D eigenvalue weighted by Gasteiger charge is -2.57. The quantitative estimate of drug-likeness (QED) is 0.776. The SMILES string of the molecule is Cc1cc(N2CC3CC(C2)N3c2ncnc3cc[nH]c23)nc(C)n1. The van der Waals surface area contributed by atoms with Gasteiger partial charge < -0.3 is 14.8 Å². The molecule has 3 fully saturated rings. The first-order chi connectivity index (χ1) is 11.7. The highest BCUT2D eigenvalue weighted by atomic mass is 15.4. The predicted octanol–water partition coefficient (Wildman–Crippen LogP) is 1.83. The average Bonchev–Trinajstić information content (AvgIpc) is 3.03. The molecule has 0 saturated carbocycles. The number of aromatic amines is 1. The highest BCUT2D eigenvalue weighted by Gasteiger charge is 2.46. The Kier molecular flexibility index (Phi) is 2.80. The topological polar surface area (TPSA) is 73.8 Å². The molecule has 2 atom stereocenters. The minimum Gasteiger partial charge on any atom is -0.357 e. The molecular formula is C17H19N7. The number of nitrogens with one attached hydrogen (secondary N) is 1. The van der Waals surface area contributed by atoms with Gasteiger partial charge in [-0.15, -0.1) is 0 Å². The van der Waals surface area contributed by atoms with Gasteiger partial charge in [0.15, 0.2) is 5.82 Å². The molecule has 0 amide bonds. The number of aromatic nitrogens is 5. The first-order valence-electron chi connectivity index (χ1n) is 8.33. The van der Waals surface area contributed by atoms with Crippen molar-refractivity contribution >= 4 is 22.7 Å². The Balaban J connectivity index is 1.44. The molecule has 122 valence electrons. The number of fused-ring (bicyclic) bond motifs is 3. The maximum atomic E-state index is 4.62. The van der Waals surface area contributed by atoms with Crippen LogP contribution in [0.1, 0.15) is 17.9 Å². The minimum atomic E-state index is 0.473. The second kappa shape index (κ2) is 4.90. The molecule has 3 aliphatic rings. The van der Waals surface area contributed by atoms with E-state index in [0.717, 1.165) is 47.3 Å². The van der Waals surface area contributed by atoms with E-state index in [9.17, 15) is 0 Å². The Morgan fingerprint density at radius 1 is 1.12 bits per heavy atom. The van der Waals surface area contributed by atoms with Gasteiger partial charge in [-0.25, -0.2) is 19.9 Å². The molecule has 3 aliphatic heterocycles. The maximum Gasteiger partial charge on any atom is 0.157 e. The van der Waals surface area contributed by atoms with Crippen LogP contribution in [0.4, 0.5) is 11.6 Å². The summed E-state index contributed by atoms with van der Waals surface area (Å²) in [4.78, 5) is 26.0. The zero-order valence-electron chi connectivity index (χ0n) is 13.8. The third-order valence-corrected chi connectivity index (χ3v) is 5.04. The molecule has 3 aromatic rings. The number of H-pyrrole nitrogens is 1. The van der Waals surface area contributed by atoms with Crippen molar-refractivity contribution in [3.63, 3.8) is 0 Å². The van der Waals surface area contributed by atoms with Crippen LogP contribution in [0.25, 0.3) is 11.0 Å². The van der Waals surface area contributed by atoms with E-state index in [1.807, 2.05) is 26.1 Å². The lowest BCUT2D eigenvalue weighted by Crippen LogP contribution is -2.69. The lowest BCUT2D eigenvalue weighted by atomic mass is 9.87. The monoisotopic (exact) mass is 321 g/mol. The third-order valence-electron chi connectivity index (χ3n) is 5.04. The fourth-order valence-corrected chi connectivity index (χ4v) is 4.06. The normalized spacial score (nSPS) is 22.8. The number of hydrogen-bond donors (Lipinski definition) is 1. The van der Waals surface area contributed by atoms with Crippen LogP contribution in [0.15, 0.2) is 24.7 Å². The van der Waals surface area contributed by atoms with Gasteiger partial charge in [0.05, 0.1) is 17.6 Å². The number of aryl methyl sites for hydroxylation is 2. The molecule has 0 aliphatic carbocycles. The molecule has 1 N–H and O–H groups in total. The van der Waals surface area contributed by atoms with Gasteiger partial charge in [-0.1, -0.05) is 0 Å². The lowest BCUT2D eigenvalue weighted by molar-refractivity contribution is 0.288. The third kappa shape index (κ3) is 1.97. The first kappa shape index (κ1) is 13.7. The van der Waals surface area contributed by atoms with Crippen molar-refractivity contribution in [2.75, 3.05) is 22.9 Å². The second-order valence-electron chi connectivity index (χ2n) is 6.71. The van der Waals surface area contributed by atoms with E-state index in [4.69, 9.17) is 0 Å². The highest BCUT2D eigenvalue weighted by molar-refractivity contribution is 5.86. The van der Waals surface area contributed by atoms with Crippen molar-refractivity contribution in [1.82, 2.24) is 24.9 Å². The fourth-order valence-electron chi connectivity index (χ4n) is 4.06. The molecule has 2 bridgehead atoms. The largest absolute Gasteiger partial charge is 0.357 e. The summed E-state index contributed by atoms with van der Waals surface area (Å²) in [5.41, 5.74) is 3.04. The summed E-state index contributed by atoms with van der Waals surface area (Å²) in [6.07, 6.45) is 4.80. The molecule has 0 aromatic carbocycles. The number of hydrogen-bond acceptors (Lipinski definition) is 6. The number of piperidine rings is 1. The molecule has 3 saturated heterocycles. The number of piperazine rings is 1. The Morgan fingerprint density at radius 3 is 2.75 bits per heavy atom. The van der Waals surface area contributed by atoms with Crippen molar-refractivity contribution in [2.45, 2.75) is 32.4 Å². The smallest absolute Gasteiger partial charge is 0.157 e. The van der Waals surface area contributed by atoms with Crippen molar-refractivity contribution < 1.29 is 0 Å². The van der Waals surface area contributed by atoms with Gasteiger partial charge in [0, 0.05) is 31.0 Å². The Hall–Kier alpha value is -2.70. The van der Waals surface area contributed by atoms with Crippen LogP contribution in [0.3, 0.4) is 0 Å². The van der Waals surface area contributed by atoms with E-state index in [2.05, 4.69) is 40.8 Å². The molecule has 3 aromatic heterocycles. The number of anilines is 2. The molecule has 6 heterocycles. The summed E-state index contributed by atoms with van der Waals surface area (Å²) in [6, 6.07) is 5.02. The summed E-state index contributed by atoms with van der Waals surface area (Å²) in [5, 5.41) is 0. The number of nitrogens with zero attached hydrogens (tertiary/aromatic N) is 6. The van der Waals surface area contributed by atoms with E-state index in [-0.39, 0.29) is 0 Å². The minimum absolute atomic E-state index is 0.473. The van der Waals surface area contributed by atoms with Crippen molar-refractivity contribution in [1.29, 1.82) is 0 Å². The van der Waals surface area contributed by atoms with Crippen LogP contribution in [-0.2, 0) is 0 Å². The van der Waals surface area contributed by atoms with E-state index in [1.165, 1.54) is 6.42 Å². The Labute approximate surface area is 139 Å². The van der Waals surface area contributed by atoms with Crippen LogP contribution >= 0.6 is 0 Å². The standard InChI is InChI=1S/C17H19N7/c1-10-5-15(22-11(2)21-10)23-7-12-6-13(8-23)24(12)17-16-14(3-4-18-16)19-9-20-17/h3-5,9,12-13,18H,6-8H2,1-2H3. The van der Waals surface area contributed by atoms with Crippen molar-refractivity contribution in [3.8, 4) is 0 Å². The maximum absolute atomic E-state index is 4.62. The van der Waals surface area contributed by atoms with E-state index >= 15 is 0 Å².